The van der Waals surface area contributed by atoms with Crippen molar-refractivity contribution >= 4 is 11.4 Å². The lowest BCUT2D eigenvalue weighted by Gasteiger charge is -2.44. The molecule has 2 nitrogen and oxygen atoms in total. The second-order valence-corrected chi connectivity index (χ2v) is 8.01. The van der Waals surface area contributed by atoms with Crippen molar-refractivity contribution in [2.45, 2.75) is 39.0 Å². The summed E-state index contributed by atoms with van der Waals surface area (Å²) in [5.74, 6) is 1.18. The van der Waals surface area contributed by atoms with Crippen molar-refractivity contribution < 1.29 is 0 Å². The van der Waals surface area contributed by atoms with Crippen LogP contribution in [0.25, 0.3) is 0 Å². The van der Waals surface area contributed by atoms with Gasteiger partial charge in [-0.15, -0.1) is 0 Å². The van der Waals surface area contributed by atoms with Crippen molar-refractivity contribution in [3.05, 3.63) is 83.5 Å². The van der Waals surface area contributed by atoms with E-state index in [1.54, 1.807) is 0 Å². The maximum Gasteiger partial charge on any atom is 0.0314 e. The second kappa shape index (κ2) is 7.03. The molecule has 2 unspecified atom stereocenters. The fourth-order valence-electron chi connectivity index (χ4n) is 4.12. The van der Waals surface area contributed by atoms with Crippen LogP contribution < -0.4 is 11.5 Å². The Morgan fingerprint density at radius 2 is 1.35 bits per heavy atom. The Labute approximate surface area is 157 Å². The number of allylic oxidation sites excluding steroid dienone is 4. The SMILES string of the molecule is CC(C)C1=CC(c2ccc(N)cc2)C(c2ccc(N)cc2)(C(C)C)C=C1. The minimum Gasteiger partial charge on any atom is -0.399 e. The van der Waals surface area contributed by atoms with Crippen LogP contribution in [0.2, 0.25) is 0 Å². The fourth-order valence-corrected chi connectivity index (χ4v) is 4.12. The molecule has 0 heterocycles. The van der Waals surface area contributed by atoms with Gasteiger partial charge in [0.15, 0.2) is 0 Å². The van der Waals surface area contributed by atoms with Crippen LogP contribution in [0.1, 0.15) is 44.7 Å². The van der Waals surface area contributed by atoms with Gasteiger partial charge in [0.05, 0.1) is 0 Å². The van der Waals surface area contributed by atoms with E-state index in [1.807, 2.05) is 24.3 Å². The molecule has 2 aromatic rings. The maximum atomic E-state index is 5.96. The highest BCUT2D eigenvalue weighted by molar-refractivity contribution is 5.52. The first-order valence-corrected chi connectivity index (χ1v) is 9.47. The zero-order valence-corrected chi connectivity index (χ0v) is 16.2. The number of benzene rings is 2. The van der Waals surface area contributed by atoms with E-state index in [2.05, 4.69) is 70.2 Å². The Balaban J connectivity index is 2.21. The third kappa shape index (κ3) is 3.16. The fraction of sp³-hybridized carbons (Fsp3) is 0.333. The molecule has 2 atom stereocenters. The van der Waals surface area contributed by atoms with Crippen molar-refractivity contribution in [3.8, 4) is 0 Å². The standard InChI is InChI=1S/C24H30N2/c1-16(2)19-13-14-24(17(3)4,20-7-11-22(26)12-8-20)23(15-19)18-5-9-21(25)10-6-18/h5-17,23H,25-26H2,1-4H3. The summed E-state index contributed by atoms with van der Waals surface area (Å²) in [5.41, 5.74) is 17.4. The molecule has 2 heteroatoms. The maximum absolute atomic E-state index is 5.96. The van der Waals surface area contributed by atoms with Crippen molar-refractivity contribution in [2.75, 3.05) is 11.5 Å². The number of nitrogens with two attached hydrogens (primary N) is 2. The van der Waals surface area contributed by atoms with Gasteiger partial charge in [-0.1, -0.05) is 70.2 Å². The van der Waals surface area contributed by atoms with E-state index in [4.69, 9.17) is 11.5 Å². The normalized spacial score (nSPS) is 22.7. The number of nitrogen functional groups attached to an aromatic ring is 2. The summed E-state index contributed by atoms with van der Waals surface area (Å²) >= 11 is 0. The molecule has 2 aromatic carbocycles. The molecule has 0 radical (unpaired) electrons. The third-order valence-corrected chi connectivity index (χ3v) is 5.75. The van der Waals surface area contributed by atoms with E-state index in [0.717, 1.165) is 11.4 Å². The van der Waals surface area contributed by atoms with Gasteiger partial charge in [0.2, 0.25) is 0 Å². The molecule has 0 spiro atoms. The molecule has 1 aliphatic rings. The average Bonchev–Trinajstić information content (AvgIpc) is 2.62. The van der Waals surface area contributed by atoms with E-state index < -0.39 is 0 Å². The summed E-state index contributed by atoms with van der Waals surface area (Å²) in [5, 5.41) is 0. The molecule has 0 amide bonds. The Kier molecular flexibility index (Phi) is 4.95. The molecule has 1 aliphatic carbocycles. The van der Waals surface area contributed by atoms with Crippen LogP contribution in [-0.4, -0.2) is 0 Å². The predicted octanol–water partition coefficient (Wildman–Crippen LogP) is 5.68. The van der Waals surface area contributed by atoms with Crippen LogP contribution in [0.4, 0.5) is 11.4 Å². The Hall–Kier alpha value is -2.48. The molecule has 0 aromatic heterocycles. The average molecular weight is 347 g/mol. The van der Waals surface area contributed by atoms with Gasteiger partial charge in [0, 0.05) is 22.7 Å². The molecule has 26 heavy (non-hydrogen) atoms. The first kappa shape index (κ1) is 18.3. The second-order valence-electron chi connectivity index (χ2n) is 8.01. The smallest absolute Gasteiger partial charge is 0.0314 e. The van der Waals surface area contributed by atoms with E-state index in [0.29, 0.717) is 11.8 Å². The van der Waals surface area contributed by atoms with Crippen LogP contribution in [0.15, 0.2) is 72.3 Å². The largest absolute Gasteiger partial charge is 0.399 e. The van der Waals surface area contributed by atoms with Gasteiger partial charge >= 0.3 is 0 Å². The molecule has 4 N–H and O–H groups in total. The van der Waals surface area contributed by atoms with Crippen molar-refractivity contribution in [3.63, 3.8) is 0 Å². The highest BCUT2D eigenvalue weighted by Crippen LogP contribution is 2.50. The zero-order chi connectivity index (χ0) is 18.9. The molecule has 0 bridgehead atoms. The quantitative estimate of drug-likeness (QED) is 0.700. The Morgan fingerprint density at radius 1 is 0.808 bits per heavy atom. The molecule has 0 fully saturated rings. The van der Waals surface area contributed by atoms with Gasteiger partial charge in [-0.3, -0.25) is 0 Å². The van der Waals surface area contributed by atoms with Crippen molar-refractivity contribution in [1.82, 2.24) is 0 Å². The Morgan fingerprint density at radius 3 is 1.85 bits per heavy atom. The van der Waals surface area contributed by atoms with Gasteiger partial charge in [-0.25, -0.2) is 0 Å². The third-order valence-electron chi connectivity index (χ3n) is 5.75. The molecule has 0 aliphatic heterocycles. The molecule has 0 saturated heterocycles. The highest BCUT2D eigenvalue weighted by Gasteiger charge is 2.42. The number of anilines is 2. The van der Waals surface area contributed by atoms with Crippen molar-refractivity contribution in [2.24, 2.45) is 11.8 Å². The zero-order valence-electron chi connectivity index (χ0n) is 16.2. The van der Waals surface area contributed by atoms with Crippen LogP contribution in [0.5, 0.6) is 0 Å². The minimum atomic E-state index is -0.109. The number of hydrogen-bond donors (Lipinski definition) is 2. The van der Waals surface area contributed by atoms with Crippen LogP contribution in [0.3, 0.4) is 0 Å². The van der Waals surface area contributed by atoms with Gasteiger partial charge in [0.1, 0.15) is 0 Å². The lowest BCUT2D eigenvalue weighted by atomic mass is 9.59. The minimum absolute atomic E-state index is 0.109. The molecule has 136 valence electrons. The summed E-state index contributed by atoms with van der Waals surface area (Å²) in [7, 11) is 0. The highest BCUT2D eigenvalue weighted by atomic mass is 14.5. The molecule has 3 rings (SSSR count). The van der Waals surface area contributed by atoms with Gasteiger partial charge < -0.3 is 11.5 Å². The van der Waals surface area contributed by atoms with Crippen molar-refractivity contribution in [1.29, 1.82) is 0 Å². The van der Waals surface area contributed by atoms with Crippen LogP contribution in [0, 0.1) is 11.8 Å². The first-order valence-electron chi connectivity index (χ1n) is 9.47. The van der Waals surface area contributed by atoms with Crippen LogP contribution >= 0.6 is 0 Å². The first-order chi connectivity index (χ1) is 12.3. The summed E-state index contributed by atoms with van der Waals surface area (Å²) in [4.78, 5) is 0. The predicted molar refractivity (Wildman–Crippen MR) is 113 cm³/mol. The number of rotatable bonds is 4. The summed E-state index contributed by atoms with van der Waals surface area (Å²) < 4.78 is 0. The van der Waals surface area contributed by atoms with Gasteiger partial charge in [0.25, 0.3) is 0 Å². The summed E-state index contributed by atoms with van der Waals surface area (Å²) in [6.45, 7) is 9.11. The summed E-state index contributed by atoms with van der Waals surface area (Å²) in [6, 6.07) is 16.7. The summed E-state index contributed by atoms with van der Waals surface area (Å²) in [6.07, 6.45) is 7.18. The number of hydrogen-bond acceptors (Lipinski definition) is 2. The van der Waals surface area contributed by atoms with Crippen LogP contribution in [-0.2, 0) is 5.41 Å². The topological polar surface area (TPSA) is 52.0 Å². The monoisotopic (exact) mass is 346 g/mol. The molecular formula is C24H30N2. The van der Waals surface area contributed by atoms with E-state index in [-0.39, 0.29) is 11.3 Å². The molecule has 0 saturated carbocycles. The Bertz CT molecular complexity index is 810. The molecular weight excluding hydrogens is 316 g/mol. The lowest BCUT2D eigenvalue weighted by Crippen LogP contribution is -2.38. The van der Waals surface area contributed by atoms with E-state index >= 15 is 0 Å². The van der Waals surface area contributed by atoms with Gasteiger partial charge in [-0.2, -0.15) is 0 Å². The lowest BCUT2D eigenvalue weighted by molar-refractivity contribution is 0.344. The van der Waals surface area contributed by atoms with E-state index in [9.17, 15) is 0 Å². The van der Waals surface area contributed by atoms with E-state index in [1.165, 1.54) is 16.7 Å². The van der Waals surface area contributed by atoms with Gasteiger partial charge in [-0.05, 0) is 52.8 Å².